The first-order valence-corrected chi connectivity index (χ1v) is 8.51. The predicted octanol–water partition coefficient (Wildman–Crippen LogP) is 2.61. The van der Waals surface area contributed by atoms with Gasteiger partial charge in [0.05, 0.1) is 12.1 Å². The van der Waals surface area contributed by atoms with Crippen molar-refractivity contribution in [3.8, 4) is 17.1 Å². The molecule has 2 heterocycles. The molecule has 1 aromatic carbocycles. The van der Waals surface area contributed by atoms with Gasteiger partial charge in [0.1, 0.15) is 5.75 Å². The highest BCUT2D eigenvalue weighted by atomic mass is 19.4. The molecule has 144 valence electrons. The summed E-state index contributed by atoms with van der Waals surface area (Å²) in [6, 6.07) is 6.28. The number of aromatic hydroxyl groups is 1. The average Bonchev–Trinajstić information content (AvgIpc) is 2.62. The summed E-state index contributed by atoms with van der Waals surface area (Å²) >= 11 is 0. The predicted molar refractivity (Wildman–Crippen MR) is 92.1 cm³/mol. The minimum Gasteiger partial charge on any atom is -0.508 e. The second-order valence-corrected chi connectivity index (χ2v) is 6.48. The van der Waals surface area contributed by atoms with Crippen molar-refractivity contribution in [2.75, 3.05) is 19.6 Å². The summed E-state index contributed by atoms with van der Waals surface area (Å²) in [6.07, 6.45) is -0.500. The maximum absolute atomic E-state index is 12.4. The van der Waals surface area contributed by atoms with Gasteiger partial charge >= 0.3 is 6.18 Å². The number of aromatic nitrogens is 2. The van der Waals surface area contributed by atoms with Gasteiger partial charge in [-0.1, -0.05) is 12.1 Å². The number of benzene rings is 1. The van der Waals surface area contributed by atoms with Crippen LogP contribution in [0.4, 0.5) is 13.2 Å². The molecule has 3 rings (SSSR count). The molecule has 2 N–H and O–H groups in total. The summed E-state index contributed by atoms with van der Waals surface area (Å²) in [6.45, 7) is -0.340. The van der Waals surface area contributed by atoms with Crippen LogP contribution in [0.5, 0.6) is 5.75 Å². The largest absolute Gasteiger partial charge is 0.508 e. The van der Waals surface area contributed by atoms with Crippen molar-refractivity contribution in [1.82, 2.24) is 20.2 Å². The molecule has 0 aliphatic carbocycles. The SMILES string of the molecule is O=C(NC1CCN(CC(F)(F)F)CC1)c1cnc(-c2cccc(O)c2)nc1. The number of rotatable bonds is 4. The maximum atomic E-state index is 12.4. The summed E-state index contributed by atoms with van der Waals surface area (Å²) in [5.41, 5.74) is 0.899. The van der Waals surface area contributed by atoms with E-state index in [2.05, 4.69) is 15.3 Å². The van der Waals surface area contributed by atoms with Gasteiger partial charge in [-0.3, -0.25) is 9.69 Å². The van der Waals surface area contributed by atoms with Crippen molar-refractivity contribution in [2.45, 2.75) is 25.1 Å². The molecule has 1 fully saturated rings. The van der Waals surface area contributed by atoms with Crippen LogP contribution in [0.3, 0.4) is 0 Å². The van der Waals surface area contributed by atoms with Crippen molar-refractivity contribution in [3.05, 3.63) is 42.2 Å². The third kappa shape index (κ3) is 5.40. The average molecular weight is 380 g/mol. The number of phenols is 1. The van der Waals surface area contributed by atoms with Crippen LogP contribution in [0, 0.1) is 0 Å². The Hall–Kier alpha value is -2.68. The van der Waals surface area contributed by atoms with Crippen LogP contribution < -0.4 is 5.32 Å². The summed E-state index contributed by atoms with van der Waals surface area (Å²) < 4.78 is 37.2. The van der Waals surface area contributed by atoms with Gasteiger partial charge in [0.25, 0.3) is 5.91 Å². The number of alkyl halides is 3. The zero-order chi connectivity index (χ0) is 19.4. The molecule has 0 spiro atoms. The number of phenolic OH excluding ortho intramolecular Hbond substituents is 1. The first-order chi connectivity index (χ1) is 12.8. The van der Waals surface area contributed by atoms with E-state index in [0.29, 0.717) is 24.2 Å². The van der Waals surface area contributed by atoms with Crippen LogP contribution in [-0.4, -0.2) is 57.7 Å². The van der Waals surface area contributed by atoms with E-state index in [0.717, 1.165) is 0 Å². The number of halogens is 3. The van der Waals surface area contributed by atoms with E-state index in [1.165, 1.54) is 29.4 Å². The second-order valence-electron chi connectivity index (χ2n) is 6.48. The summed E-state index contributed by atoms with van der Waals surface area (Å²) in [5.74, 6) is 0.115. The zero-order valence-electron chi connectivity index (χ0n) is 14.4. The monoisotopic (exact) mass is 380 g/mol. The fourth-order valence-corrected chi connectivity index (χ4v) is 3.00. The van der Waals surface area contributed by atoms with Gasteiger partial charge < -0.3 is 10.4 Å². The molecule has 1 aliphatic heterocycles. The van der Waals surface area contributed by atoms with Gasteiger partial charge in [0.2, 0.25) is 0 Å². The number of carbonyl (C=O) groups excluding carboxylic acids is 1. The number of nitrogens with zero attached hydrogens (tertiary/aromatic N) is 3. The number of hydrogen-bond acceptors (Lipinski definition) is 5. The molecule has 0 saturated carbocycles. The molecule has 1 saturated heterocycles. The number of likely N-dealkylation sites (tertiary alicyclic amines) is 1. The van der Waals surface area contributed by atoms with Crippen LogP contribution in [-0.2, 0) is 0 Å². The maximum Gasteiger partial charge on any atom is 0.401 e. The molecular weight excluding hydrogens is 361 g/mol. The smallest absolute Gasteiger partial charge is 0.401 e. The van der Waals surface area contributed by atoms with E-state index in [-0.39, 0.29) is 36.4 Å². The van der Waals surface area contributed by atoms with E-state index in [9.17, 15) is 23.1 Å². The molecule has 0 atom stereocenters. The Kier molecular flexibility index (Phi) is 5.59. The first kappa shape index (κ1) is 19.1. The molecule has 27 heavy (non-hydrogen) atoms. The minimum absolute atomic E-state index is 0.0924. The third-order valence-electron chi connectivity index (χ3n) is 4.34. The standard InChI is InChI=1S/C18H19F3N4O2/c19-18(20,21)11-25-6-4-14(5-7-25)24-17(27)13-9-22-16(23-10-13)12-2-1-3-15(26)8-12/h1-3,8-10,14,26H,4-7,11H2,(H,24,27). The molecule has 6 nitrogen and oxygen atoms in total. The van der Waals surface area contributed by atoms with Gasteiger partial charge in [-0.2, -0.15) is 13.2 Å². The molecule has 0 bridgehead atoms. The number of amides is 1. The van der Waals surface area contributed by atoms with Gasteiger partial charge in [0, 0.05) is 37.1 Å². The summed E-state index contributed by atoms with van der Waals surface area (Å²) in [7, 11) is 0. The molecule has 2 aromatic rings. The van der Waals surface area contributed by atoms with E-state index >= 15 is 0 Å². The summed E-state index contributed by atoms with van der Waals surface area (Å²) in [5, 5.41) is 12.3. The topological polar surface area (TPSA) is 78.4 Å². The van der Waals surface area contributed by atoms with Gasteiger partial charge in [-0.05, 0) is 25.0 Å². The fourth-order valence-electron chi connectivity index (χ4n) is 3.00. The Morgan fingerprint density at radius 3 is 2.48 bits per heavy atom. The number of nitrogens with one attached hydrogen (secondary N) is 1. The third-order valence-corrected chi connectivity index (χ3v) is 4.34. The number of carbonyl (C=O) groups is 1. The Balaban J connectivity index is 1.54. The lowest BCUT2D eigenvalue weighted by Crippen LogP contribution is -2.47. The number of piperidine rings is 1. The normalized spacial score (nSPS) is 16.3. The van der Waals surface area contributed by atoms with Gasteiger partial charge in [-0.25, -0.2) is 9.97 Å². The van der Waals surface area contributed by atoms with Crippen molar-refractivity contribution in [3.63, 3.8) is 0 Å². The molecule has 0 radical (unpaired) electrons. The lowest BCUT2D eigenvalue weighted by molar-refractivity contribution is -0.148. The van der Waals surface area contributed by atoms with Crippen LogP contribution in [0.15, 0.2) is 36.7 Å². The number of hydrogen-bond donors (Lipinski definition) is 2. The Morgan fingerprint density at radius 1 is 1.22 bits per heavy atom. The first-order valence-electron chi connectivity index (χ1n) is 8.51. The zero-order valence-corrected chi connectivity index (χ0v) is 14.4. The lowest BCUT2D eigenvalue weighted by atomic mass is 10.0. The molecule has 1 aliphatic rings. The highest BCUT2D eigenvalue weighted by molar-refractivity contribution is 5.93. The molecular formula is C18H19F3N4O2. The van der Waals surface area contributed by atoms with Crippen molar-refractivity contribution in [2.24, 2.45) is 0 Å². The van der Waals surface area contributed by atoms with Crippen LogP contribution in [0.1, 0.15) is 23.2 Å². The van der Waals surface area contributed by atoms with E-state index in [1.54, 1.807) is 12.1 Å². The highest BCUT2D eigenvalue weighted by Crippen LogP contribution is 2.21. The highest BCUT2D eigenvalue weighted by Gasteiger charge is 2.32. The van der Waals surface area contributed by atoms with Crippen LogP contribution in [0.25, 0.3) is 11.4 Å². The van der Waals surface area contributed by atoms with Gasteiger partial charge in [0.15, 0.2) is 5.82 Å². The Bertz CT molecular complexity index is 788. The van der Waals surface area contributed by atoms with Gasteiger partial charge in [-0.15, -0.1) is 0 Å². The lowest BCUT2D eigenvalue weighted by Gasteiger charge is -2.32. The summed E-state index contributed by atoms with van der Waals surface area (Å²) in [4.78, 5) is 21.9. The quantitative estimate of drug-likeness (QED) is 0.853. The van der Waals surface area contributed by atoms with Crippen LogP contribution >= 0.6 is 0 Å². The molecule has 1 amide bonds. The van der Waals surface area contributed by atoms with Crippen molar-refractivity contribution in [1.29, 1.82) is 0 Å². The van der Waals surface area contributed by atoms with E-state index in [4.69, 9.17) is 0 Å². The molecule has 0 unspecified atom stereocenters. The molecule has 9 heteroatoms. The minimum atomic E-state index is -4.20. The van der Waals surface area contributed by atoms with Crippen molar-refractivity contribution < 1.29 is 23.1 Å². The molecule has 1 aromatic heterocycles. The van der Waals surface area contributed by atoms with Crippen LogP contribution in [0.2, 0.25) is 0 Å². The Morgan fingerprint density at radius 2 is 1.89 bits per heavy atom. The van der Waals surface area contributed by atoms with Crippen molar-refractivity contribution >= 4 is 5.91 Å². The fraction of sp³-hybridized carbons (Fsp3) is 0.389. The second kappa shape index (κ2) is 7.91. The van der Waals surface area contributed by atoms with E-state index < -0.39 is 12.7 Å². The Labute approximate surface area is 154 Å². The van der Waals surface area contributed by atoms with E-state index in [1.807, 2.05) is 0 Å².